The van der Waals surface area contributed by atoms with Crippen molar-refractivity contribution in [2.75, 3.05) is 5.32 Å². The van der Waals surface area contributed by atoms with Gasteiger partial charge in [0.2, 0.25) is 5.91 Å². The van der Waals surface area contributed by atoms with Gasteiger partial charge in [0, 0.05) is 23.4 Å². The lowest BCUT2D eigenvalue weighted by molar-refractivity contribution is -0.131. The highest BCUT2D eigenvalue weighted by Crippen LogP contribution is 2.09. The van der Waals surface area contributed by atoms with Gasteiger partial charge in [0.05, 0.1) is 6.21 Å². The third-order valence-corrected chi connectivity index (χ3v) is 3.25. The number of nitrogens with zero attached hydrogens (tertiary/aromatic N) is 1. The Balaban J connectivity index is 1.90. The van der Waals surface area contributed by atoms with E-state index in [1.165, 1.54) is 24.3 Å². The van der Waals surface area contributed by atoms with Crippen LogP contribution in [-0.4, -0.2) is 29.1 Å². The second kappa shape index (κ2) is 8.93. The zero-order valence-corrected chi connectivity index (χ0v) is 14.0. The molecule has 0 aliphatic carbocycles. The minimum Gasteiger partial charge on any atom is -0.478 e. The van der Waals surface area contributed by atoms with Gasteiger partial charge >= 0.3 is 5.97 Å². The molecule has 0 aliphatic heterocycles. The van der Waals surface area contributed by atoms with Crippen LogP contribution < -0.4 is 10.7 Å². The lowest BCUT2D eigenvalue weighted by atomic mass is 10.2. The van der Waals surface area contributed by atoms with Gasteiger partial charge in [0.1, 0.15) is 0 Å². The first-order valence-corrected chi connectivity index (χ1v) is 7.66. The van der Waals surface area contributed by atoms with E-state index >= 15 is 0 Å². The minimum absolute atomic E-state index is 0.366. The lowest BCUT2D eigenvalue weighted by Gasteiger charge is -2.04. The summed E-state index contributed by atoms with van der Waals surface area (Å²) in [5.41, 5.74) is 5.22. The highest BCUT2D eigenvalue weighted by atomic mass is 16.4. The lowest BCUT2D eigenvalue weighted by Crippen LogP contribution is -2.17. The van der Waals surface area contributed by atoms with Gasteiger partial charge in [0.15, 0.2) is 0 Å². The fraction of sp³-hybridized carbons (Fsp3) is 0.0526. The molecule has 0 aromatic heterocycles. The number of carbonyl (C=O) groups excluding carboxylic acids is 2. The maximum absolute atomic E-state index is 12.0. The smallest absolute Gasteiger partial charge is 0.328 e. The number of hydrogen-bond donors (Lipinski definition) is 3. The summed E-state index contributed by atoms with van der Waals surface area (Å²) < 4.78 is 0. The Morgan fingerprint density at radius 1 is 0.962 bits per heavy atom. The summed E-state index contributed by atoms with van der Waals surface area (Å²) >= 11 is 0. The Hall–Kier alpha value is -3.74. The van der Waals surface area contributed by atoms with Crippen LogP contribution in [0.15, 0.2) is 65.8 Å². The van der Waals surface area contributed by atoms with Crippen molar-refractivity contribution >= 4 is 29.7 Å². The highest BCUT2D eigenvalue weighted by Gasteiger charge is 2.05. The summed E-state index contributed by atoms with van der Waals surface area (Å²) in [5.74, 6) is -2.18. The molecule has 0 radical (unpaired) electrons. The number of benzene rings is 2. The molecule has 0 spiro atoms. The van der Waals surface area contributed by atoms with E-state index in [1.807, 2.05) is 31.2 Å². The maximum Gasteiger partial charge on any atom is 0.328 e. The van der Waals surface area contributed by atoms with Crippen LogP contribution in [0.3, 0.4) is 0 Å². The van der Waals surface area contributed by atoms with E-state index in [-0.39, 0.29) is 0 Å². The van der Waals surface area contributed by atoms with Gasteiger partial charge in [-0.15, -0.1) is 0 Å². The van der Waals surface area contributed by atoms with Crippen LogP contribution in [0.4, 0.5) is 5.69 Å². The number of carboxylic acids is 1. The van der Waals surface area contributed by atoms with Crippen molar-refractivity contribution in [3.05, 3.63) is 77.4 Å². The molecule has 3 N–H and O–H groups in total. The molecular weight excluding hydrogens is 334 g/mol. The van der Waals surface area contributed by atoms with Crippen molar-refractivity contribution in [2.45, 2.75) is 6.92 Å². The van der Waals surface area contributed by atoms with E-state index in [0.29, 0.717) is 11.3 Å². The van der Waals surface area contributed by atoms with Gasteiger partial charge in [-0.05, 0) is 36.8 Å². The number of aryl methyl sites for hydroxylation is 1. The Bertz CT molecular complexity index is 853. The number of carboxylic acid groups (broad SMARTS) is 1. The van der Waals surface area contributed by atoms with Crippen molar-refractivity contribution in [3.8, 4) is 0 Å². The van der Waals surface area contributed by atoms with Crippen molar-refractivity contribution in [2.24, 2.45) is 5.10 Å². The quantitative estimate of drug-likeness (QED) is 0.422. The summed E-state index contributed by atoms with van der Waals surface area (Å²) in [7, 11) is 0. The molecular formula is C19H17N3O4. The number of nitrogens with one attached hydrogen (secondary N) is 2. The summed E-state index contributed by atoms with van der Waals surface area (Å²) in [6.45, 7) is 1.98. The predicted octanol–water partition coefficient (Wildman–Crippen LogP) is 2.34. The van der Waals surface area contributed by atoms with E-state index in [1.54, 1.807) is 6.21 Å². The SMILES string of the molecule is Cc1ccc(/C=N\NC(=O)c2ccc(NC(=O)/C=C/C(=O)O)cc2)cc1. The van der Waals surface area contributed by atoms with E-state index < -0.39 is 17.8 Å². The van der Waals surface area contributed by atoms with Crippen LogP contribution in [0.25, 0.3) is 0 Å². The zero-order valence-electron chi connectivity index (χ0n) is 14.0. The average molecular weight is 351 g/mol. The summed E-state index contributed by atoms with van der Waals surface area (Å²) in [4.78, 5) is 33.8. The first-order valence-electron chi connectivity index (χ1n) is 7.66. The maximum atomic E-state index is 12.0. The van der Waals surface area contributed by atoms with Crippen LogP contribution in [0.2, 0.25) is 0 Å². The van der Waals surface area contributed by atoms with Crippen LogP contribution >= 0.6 is 0 Å². The Morgan fingerprint density at radius 2 is 1.62 bits per heavy atom. The highest BCUT2D eigenvalue weighted by molar-refractivity contribution is 6.02. The van der Waals surface area contributed by atoms with Crippen LogP contribution in [0.5, 0.6) is 0 Å². The molecule has 0 heterocycles. The molecule has 0 bridgehead atoms. The number of rotatable bonds is 6. The van der Waals surface area contributed by atoms with Gasteiger partial charge < -0.3 is 10.4 Å². The van der Waals surface area contributed by atoms with Crippen molar-refractivity contribution in [1.29, 1.82) is 0 Å². The van der Waals surface area contributed by atoms with Gasteiger partial charge in [-0.3, -0.25) is 9.59 Å². The summed E-state index contributed by atoms with van der Waals surface area (Å²) in [6.07, 6.45) is 3.19. The number of aliphatic carboxylic acids is 1. The van der Waals surface area contributed by atoms with E-state index in [0.717, 1.165) is 23.3 Å². The predicted molar refractivity (Wildman–Crippen MR) is 98.1 cm³/mol. The first kappa shape index (κ1) is 18.6. The fourth-order valence-electron chi connectivity index (χ4n) is 1.92. The largest absolute Gasteiger partial charge is 0.478 e. The Labute approximate surface area is 150 Å². The average Bonchev–Trinajstić information content (AvgIpc) is 2.62. The molecule has 2 aromatic carbocycles. The number of anilines is 1. The molecule has 2 amide bonds. The zero-order chi connectivity index (χ0) is 18.9. The molecule has 0 aliphatic rings. The number of hydrogen-bond acceptors (Lipinski definition) is 4. The van der Waals surface area contributed by atoms with Crippen LogP contribution in [0, 0.1) is 6.92 Å². The molecule has 26 heavy (non-hydrogen) atoms. The molecule has 132 valence electrons. The minimum atomic E-state index is -1.21. The molecule has 0 saturated heterocycles. The molecule has 0 saturated carbocycles. The molecule has 7 heteroatoms. The number of carbonyl (C=O) groups is 3. The third-order valence-electron chi connectivity index (χ3n) is 3.25. The topological polar surface area (TPSA) is 108 Å². The van der Waals surface area contributed by atoms with Crippen LogP contribution in [-0.2, 0) is 9.59 Å². The molecule has 2 aromatic rings. The fourth-order valence-corrected chi connectivity index (χ4v) is 1.92. The van der Waals surface area contributed by atoms with Gasteiger partial charge in [0.25, 0.3) is 5.91 Å². The van der Waals surface area contributed by atoms with Crippen molar-refractivity contribution < 1.29 is 19.5 Å². The molecule has 2 rings (SSSR count). The van der Waals surface area contributed by atoms with E-state index in [4.69, 9.17) is 5.11 Å². The summed E-state index contributed by atoms with van der Waals surface area (Å²) in [5, 5.41) is 14.8. The van der Waals surface area contributed by atoms with Crippen molar-refractivity contribution in [3.63, 3.8) is 0 Å². The number of amides is 2. The second-order valence-electron chi connectivity index (χ2n) is 5.35. The van der Waals surface area contributed by atoms with Gasteiger partial charge in [-0.1, -0.05) is 29.8 Å². The van der Waals surface area contributed by atoms with E-state index in [9.17, 15) is 14.4 Å². The molecule has 0 atom stereocenters. The van der Waals surface area contributed by atoms with Gasteiger partial charge in [-0.2, -0.15) is 5.10 Å². The monoisotopic (exact) mass is 351 g/mol. The number of hydrazone groups is 1. The first-order chi connectivity index (χ1) is 12.4. The standard InChI is InChI=1S/C19H17N3O4/c1-13-2-4-14(5-3-13)12-20-22-19(26)15-6-8-16(9-7-15)21-17(23)10-11-18(24)25/h2-12H,1H3,(H,21,23)(H,22,26)(H,24,25)/b11-10+,20-12-. The van der Waals surface area contributed by atoms with Gasteiger partial charge in [-0.25, -0.2) is 10.2 Å². The van der Waals surface area contributed by atoms with Crippen LogP contribution in [0.1, 0.15) is 21.5 Å². The van der Waals surface area contributed by atoms with E-state index in [2.05, 4.69) is 15.8 Å². The summed E-state index contributed by atoms with van der Waals surface area (Å²) in [6, 6.07) is 13.8. The Morgan fingerprint density at radius 3 is 2.23 bits per heavy atom. The normalized spacial score (nSPS) is 10.8. The molecule has 0 fully saturated rings. The Kier molecular flexibility index (Phi) is 6.39. The molecule has 7 nitrogen and oxygen atoms in total. The third kappa shape index (κ3) is 6.04. The molecule has 0 unspecified atom stereocenters. The van der Waals surface area contributed by atoms with Crippen molar-refractivity contribution in [1.82, 2.24) is 5.43 Å². The second-order valence-corrected chi connectivity index (χ2v) is 5.35.